The van der Waals surface area contributed by atoms with Crippen LogP contribution in [0.4, 0.5) is 0 Å². The predicted molar refractivity (Wildman–Crippen MR) is 333 cm³/mol. The fourth-order valence-electron chi connectivity index (χ4n) is 6.97. The van der Waals surface area contributed by atoms with Gasteiger partial charge in [-0.1, -0.05) is 234 Å². The summed E-state index contributed by atoms with van der Waals surface area (Å²) in [7, 11) is 0. The molecular formula is C71H104O6. The van der Waals surface area contributed by atoms with Crippen molar-refractivity contribution in [1.29, 1.82) is 0 Å². The highest BCUT2D eigenvalue weighted by Crippen LogP contribution is 2.10. The Balaban J connectivity index is 4.60. The highest BCUT2D eigenvalue weighted by Gasteiger charge is 2.19. The van der Waals surface area contributed by atoms with Gasteiger partial charge < -0.3 is 14.2 Å². The Morgan fingerprint density at radius 3 is 0.779 bits per heavy atom. The average Bonchev–Trinajstić information content (AvgIpc) is 3.43. The molecule has 0 amide bonds. The van der Waals surface area contributed by atoms with Crippen LogP contribution in [-0.4, -0.2) is 37.2 Å². The number of allylic oxidation sites excluding steroid dienone is 34. The van der Waals surface area contributed by atoms with E-state index in [1.807, 2.05) is 12.2 Å². The molecule has 6 heteroatoms. The van der Waals surface area contributed by atoms with Crippen LogP contribution in [0.5, 0.6) is 0 Å². The zero-order valence-electron chi connectivity index (χ0n) is 48.4. The molecule has 0 saturated heterocycles. The largest absolute Gasteiger partial charge is 0.462 e. The average molecular weight is 1050 g/mol. The summed E-state index contributed by atoms with van der Waals surface area (Å²) < 4.78 is 16.7. The fraction of sp³-hybridized carbons (Fsp3) is 0.479. The minimum absolute atomic E-state index is 0.150. The number of rotatable bonds is 50. The summed E-state index contributed by atoms with van der Waals surface area (Å²) in [5, 5.41) is 0. The number of carbonyl (C=O) groups is 3. The number of hydrogen-bond donors (Lipinski definition) is 0. The van der Waals surface area contributed by atoms with Crippen molar-refractivity contribution in [2.45, 2.75) is 207 Å². The lowest BCUT2D eigenvalue weighted by molar-refractivity contribution is -0.166. The third-order valence-electron chi connectivity index (χ3n) is 11.3. The van der Waals surface area contributed by atoms with E-state index in [4.69, 9.17) is 14.2 Å². The van der Waals surface area contributed by atoms with Gasteiger partial charge in [0.2, 0.25) is 0 Å². The van der Waals surface area contributed by atoms with Crippen molar-refractivity contribution in [3.05, 3.63) is 207 Å². The molecule has 1 unspecified atom stereocenters. The maximum absolute atomic E-state index is 12.8. The predicted octanol–water partition coefficient (Wildman–Crippen LogP) is 20.4. The van der Waals surface area contributed by atoms with Crippen molar-refractivity contribution in [3.8, 4) is 0 Å². The van der Waals surface area contributed by atoms with Gasteiger partial charge in [-0.15, -0.1) is 0 Å². The number of ether oxygens (including phenoxy) is 3. The summed E-state index contributed by atoms with van der Waals surface area (Å²) in [5.74, 6) is -1.12. The van der Waals surface area contributed by atoms with E-state index in [1.54, 1.807) is 0 Å². The Labute approximate surface area is 470 Å². The SMILES string of the molecule is CC/C=C\C/C=C\C/C=C\C/C=C\C/C=C\C/C=C\C/C=C\C/C=C\CCCCC(=O)OCC(COC(=O)CCCCC/C=C\C/C=C\C/C=C\CC)OC(=O)CC/C=C\C/C=C\C/C=C\C/C=C\C/C=C\C/C=C\CC. The highest BCUT2D eigenvalue weighted by atomic mass is 16.6. The zero-order valence-corrected chi connectivity index (χ0v) is 48.4. The van der Waals surface area contributed by atoms with Gasteiger partial charge in [-0.3, -0.25) is 14.4 Å². The standard InChI is InChI=1S/C71H104O6/c1-4-7-10-13-16-19-22-25-27-29-31-32-33-34-35-36-37-38-40-41-43-46-49-52-55-58-61-64-70(73)76-67-68(66-75-69(72)63-60-57-54-51-48-45-24-21-18-15-12-9-6-3)77-71(74)65-62-59-56-53-50-47-44-42-39-30-28-26-23-20-17-14-11-8-5-2/h7-12,16-21,25-28,31-32,34-35,37-39,41-43,45,47-50,52,56,59,68H,4-6,13-15,22-24,29-30,33,36,40,44,46,51,53-55,57-58,60-67H2,1-3H3/b10-7-,11-8-,12-9-,19-16-,20-17-,21-18-,27-25-,28-26-,32-31-,35-34-,38-37-,42-39-,43-41-,48-45-,50-47-,52-49-,59-56-. The van der Waals surface area contributed by atoms with Crippen LogP contribution in [0.3, 0.4) is 0 Å². The van der Waals surface area contributed by atoms with Crippen LogP contribution in [0.1, 0.15) is 201 Å². The number of carbonyl (C=O) groups excluding carboxylic acids is 3. The Morgan fingerprint density at radius 2 is 0.494 bits per heavy atom. The van der Waals surface area contributed by atoms with E-state index in [0.717, 1.165) is 148 Å². The lowest BCUT2D eigenvalue weighted by Gasteiger charge is -2.18. The normalized spacial score (nSPS) is 13.6. The molecule has 0 fully saturated rings. The maximum atomic E-state index is 12.8. The summed E-state index contributed by atoms with van der Waals surface area (Å²) in [5.41, 5.74) is 0. The number of unbranched alkanes of at least 4 members (excludes halogenated alkanes) is 5. The molecule has 0 aliphatic heterocycles. The quantitative estimate of drug-likeness (QED) is 0.0261. The van der Waals surface area contributed by atoms with E-state index in [1.165, 1.54) is 0 Å². The van der Waals surface area contributed by atoms with Gasteiger partial charge in [-0.25, -0.2) is 0 Å². The fourth-order valence-corrected chi connectivity index (χ4v) is 6.97. The van der Waals surface area contributed by atoms with Crippen LogP contribution >= 0.6 is 0 Å². The molecule has 77 heavy (non-hydrogen) atoms. The van der Waals surface area contributed by atoms with Gasteiger partial charge in [-0.2, -0.15) is 0 Å². The minimum Gasteiger partial charge on any atom is -0.462 e. The maximum Gasteiger partial charge on any atom is 0.306 e. The molecule has 0 N–H and O–H groups in total. The van der Waals surface area contributed by atoms with Crippen LogP contribution in [0, 0.1) is 0 Å². The highest BCUT2D eigenvalue weighted by molar-refractivity contribution is 5.71. The second-order valence-electron chi connectivity index (χ2n) is 18.4. The van der Waals surface area contributed by atoms with Crippen LogP contribution < -0.4 is 0 Å². The van der Waals surface area contributed by atoms with E-state index in [9.17, 15) is 14.4 Å². The lowest BCUT2D eigenvalue weighted by Crippen LogP contribution is -2.30. The first kappa shape index (κ1) is 71.0. The molecule has 0 bridgehead atoms. The first-order valence-corrected chi connectivity index (χ1v) is 29.6. The van der Waals surface area contributed by atoms with Crippen LogP contribution in [-0.2, 0) is 28.6 Å². The molecule has 0 saturated carbocycles. The van der Waals surface area contributed by atoms with Gasteiger partial charge in [0.25, 0.3) is 0 Å². The molecule has 0 heterocycles. The summed E-state index contributed by atoms with van der Waals surface area (Å²) in [6, 6.07) is 0. The van der Waals surface area contributed by atoms with Gasteiger partial charge in [0.1, 0.15) is 13.2 Å². The third-order valence-corrected chi connectivity index (χ3v) is 11.3. The second kappa shape index (κ2) is 62.5. The Hall–Kier alpha value is -6.01. The molecule has 0 spiro atoms. The van der Waals surface area contributed by atoms with Gasteiger partial charge in [-0.05, 0) is 154 Å². The monoisotopic (exact) mass is 1050 g/mol. The first-order chi connectivity index (χ1) is 38.0. The summed E-state index contributed by atoms with van der Waals surface area (Å²) in [6.07, 6.45) is 97.0. The number of esters is 3. The van der Waals surface area contributed by atoms with Gasteiger partial charge in [0.05, 0.1) is 0 Å². The molecule has 0 rings (SSSR count). The topological polar surface area (TPSA) is 78.9 Å². The first-order valence-electron chi connectivity index (χ1n) is 29.6. The Kier molecular flexibility index (Phi) is 57.6. The smallest absolute Gasteiger partial charge is 0.306 e. The van der Waals surface area contributed by atoms with E-state index >= 15 is 0 Å². The van der Waals surface area contributed by atoms with Crippen molar-refractivity contribution in [2.75, 3.05) is 13.2 Å². The molecule has 1 atom stereocenters. The van der Waals surface area contributed by atoms with Gasteiger partial charge in [0, 0.05) is 19.3 Å². The summed E-state index contributed by atoms with van der Waals surface area (Å²) >= 11 is 0. The molecule has 6 nitrogen and oxygen atoms in total. The van der Waals surface area contributed by atoms with Crippen LogP contribution in [0.2, 0.25) is 0 Å². The van der Waals surface area contributed by atoms with Crippen molar-refractivity contribution in [2.24, 2.45) is 0 Å². The second-order valence-corrected chi connectivity index (χ2v) is 18.4. The van der Waals surface area contributed by atoms with Crippen molar-refractivity contribution in [3.63, 3.8) is 0 Å². The van der Waals surface area contributed by atoms with E-state index in [0.29, 0.717) is 12.8 Å². The van der Waals surface area contributed by atoms with Gasteiger partial charge in [0.15, 0.2) is 6.10 Å². The van der Waals surface area contributed by atoms with Crippen LogP contribution in [0.25, 0.3) is 0 Å². The molecule has 0 aliphatic rings. The van der Waals surface area contributed by atoms with E-state index in [2.05, 4.69) is 215 Å². The van der Waals surface area contributed by atoms with E-state index in [-0.39, 0.29) is 44.4 Å². The molecule has 0 aromatic rings. The molecule has 0 aromatic carbocycles. The van der Waals surface area contributed by atoms with E-state index < -0.39 is 12.1 Å². The van der Waals surface area contributed by atoms with Crippen molar-refractivity contribution >= 4 is 17.9 Å². The summed E-state index contributed by atoms with van der Waals surface area (Å²) in [6.45, 7) is 6.14. The van der Waals surface area contributed by atoms with Crippen LogP contribution in [0.15, 0.2) is 207 Å². The molecular weight excluding hydrogens is 949 g/mol. The van der Waals surface area contributed by atoms with Crippen molar-refractivity contribution in [1.82, 2.24) is 0 Å². The summed E-state index contributed by atoms with van der Waals surface area (Å²) in [4.78, 5) is 38.1. The van der Waals surface area contributed by atoms with Crippen molar-refractivity contribution < 1.29 is 28.6 Å². The molecule has 0 aliphatic carbocycles. The molecule has 424 valence electrons. The van der Waals surface area contributed by atoms with Gasteiger partial charge >= 0.3 is 17.9 Å². The Bertz CT molecular complexity index is 1930. The minimum atomic E-state index is -0.863. The molecule has 0 aromatic heterocycles. The molecule has 0 radical (unpaired) electrons. The zero-order chi connectivity index (χ0) is 55.7. The Morgan fingerprint density at radius 1 is 0.260 bits per heavy atom. The third kappa shape index (κ3) is 60.7. The number of hydrogen-bond acceptors (Lipinski definition) is 6. The lowest BCUT2D eigenvalue weighted by atomic mass is 10.1.